The number of fused-ring (bicyclic) bond motifs is 6. The van der Waals surface area contributed by atoms with Crippen molar-refractivity contribution >= 4 is 53.7 Å². The van der Waals surface area contributed by atoms with E-state index in [1.54, 1.807) is 0 Å². The highest BCUT2D eigenvalue weighted by Crippen LogP contribution is 2.49. The van der Waals surface area contributed by atoms with E-state index in [9.17, 15) is 43.2 Å². The van der Waals surface area contributed by atoms with E-state index in [2.05, 4.69) is 115 Å². The number of rotatable bonds is 19. The van der Waals surface area contributed by atoms with E-state index in [1.165, 1.54) is 29.2 Å². The predicted octanol–water partition coefficient (Wildman–Crippen LogP) is 10.6. The summed E-state index contributed by atoms with van der Waals surface area (Å²) >= 11 is 0. The van der Waals surface area contributed by atoms with Crippen molar-refractivity contribution in [2.45, 2.75) is 96.8 Å². The summed E-state index contributed by atoms with van der Waals surface area (Å²) in [5.41, 5.74) is 10.5. The predicted molar refractivity (Wildman–Crippen MR) is 358 cm³/mol. The van der Waals surface area contributed by atoms with Crippen molar-refractivity contribution in [2.75, 3.05) is 19.8 Å². The fraction of sp³-hybridized carbons (Fsp3) is 0.390. The minimum Gasteiger partial charge on any atom is -0.481 e. The number of alkyl carbamates (subject to hydrolysis) is 1. The minimum atomic E-state index is -0.827. The van der Waals surface area contributed by atoms with Crippen LogP contribution in [0.25, 0.3) is 22.3 Å². The van der Waals surface area contributed by atoms with Gasteiger partial charge in [-0.05, 0) is 161 Å². The third-order valence-electron chi connectivity index (χ3n) is 18.3. The summed E-state index contributed by atoms with van der Waals surface area (Å²) in [5.74, 6) is 11.6. The van der Waals surface area contributed by atoms with Gasteiger partial charge in [0.1, 0.15) is 24.8 Å². The molecule has 0 aromatic heterocycles. The second kappa shape index (κ2) is 34.3. The molecule has 6 saturated carbocycles. The summed E-state index contributed by atoms with van der Waals surface area (Å²) in [6.45, 7) is 12.4. The number of aliphatic carboxylic acids is 6. The largest absolute Gasteiger partial charge is 0.481 e. The Bertz CT molecular complexity index is 3850. The summed E-state index contributed by atoms with van der Waals surface area (Å²) in [6.07, 6.45) is 5.19. The van der Waals surface area contributed by atoms with Crippen molar-refractivity contribution in [3.63, 3.8) is 0 Å². The summed E-state index contributed by atoms with van der Waals surface area (Å²) in [5, 5.41) is 57.1. The number of hydrogen-bond acceptors (Lipinski definition) is 12. The van der Waals surface area contributed by atoms with Gasteiger partial charge in [0.15, 0.2) is 0 Å². The topological polar surface area (TPSA) is 349 Å². The van der Waals surface area contributed by atoms with Crippen LogP contribution in [0.15, 0.2) is 140 Å². The summed E-state index contributed by atoms with van der Waals surface area (Å²) in [6, 6.07) is 42.4. The fourth-order valence-electron chi connectivity index (χ4n) is 12.2. The zero-order valence-electron chi connectivity index (χ0n) is 54.4. The van der Waals surface area contributed by atoms with Crippen LogP contribution in [0, 0.1) is 107 Å². The molecular weight excluding hydrogens is 1240 g/mol. The van der Waals surface area contributed by atoms with Gasteiger partial charge in [0.25, 0.3) is 0 Å². The van der Waals surface area contributed by atoms with E-state index in [4.69, 9.17) is 40.1 Å². The Morgan fingerprint density at radius 1 is 0.515 bits per heavy atom. The van der Waals surface area contributed by atoms with E-state index >= 15 is 0 Å². The average molecular weight is 1320 g/mol. The normalized spacial score (nSPS) is 23.1. The van der Waals surface area contributed by atoms with Crippen molar-refractivity contribution in [3.8, 4) is 57.8 Å². The Kier molecular flexibility index (Phi) is 26.1. The number of carboxylic acids is 6. The van der Waals surface area contributed by atoms with Gasteiger partial charge in [0.2, 0.25) is 0 Å². The molecule has 13 rings (SSSR count). The number of carbonyl (C=O) groups excluding carboxylic acids is 3. The molecule has 20 heteroatoms. The Labute approximate surface area is 563 Å². The van der Waals surface area contributed by atoms with Crippen LogP contribution in [0.5, 0.6) is 0 Å². The first kappa shape index (κ1) is 73.9. The number of ether oxygens (including phenoxy) is 2. The van der Waals surface area contributed by atoms with Crippen LogP contribution < -0.4 is 10.6 Å². The second-order valence-corrected chi connectivity index (χ2v) is 25.8. The smallest absolute Gasteiger partial charge is 0.412 e. The highest BCUT2D eigenvalue weighted by atomic mass is 16.5. The van der Waals surface area contributed by atoms with Crippen molar-refractivity contribution in [1.82, 2.24) is 10.6 Å². The van der Waals surface area contributed by atoms with E-state index in [1.807, 2.05) is 85.8 Å². The Balaban J connectivity index is 0.000000179. The molecule has 5 aromatic carbocycles. The zero-order valence-corrected chi connectivity index (χ0v) is 54.4. The van der Waals surface area contributed by atoms with Gasteiger partial charge in [-0.3, -0.25) is 34.1 Å². The molecule has 0 aliphatic heterocycles. The maximum atomic E-state index is 12.2. The van der Waals surface area contributed by atoms with Gasteiger partial charge in [-0.2, -0.15) is 0 Å². The van der Waals surface area contributed by atoms with Crippen molar-refractivity contribution in [1.29, 1.82) is 0 Å². The van der Waals surface area contributed by atoms with Crippen molar-refractivity contribution in [3.05, 3.63) is 168 Å². The molecule has 0 bridgehead atoms. The molecule has 0 heterocycles. The molecule has 6 fully saturated rings. The lowest BCUT2D eigenvalue weighted by atomic mass is 9.98. The number of hydrogen-bond donors (Lipinski definition) is 8. The van der Waals surface area contributed by atoms with Crippen molar-refractivity contribution in [2.24, 2.45) is 71.0 Å². The van der Waals surface area contributed by atoms with Crippen LogP contribution in [0.4, 0.5) is 4.79 Å². The highest BCUT2D eigenvalue weighted by Gasteiger charge is 2.47. The quantitative estimate of drug-likeness (QED) is 0.0216. The molecule has 5 aromatic rings. The first-order chi connectivity index (χ1) is 45.9. The number of ketones is 1. The minimum absolute atomic E-state index is 0. The fourth-order valence-corrected chi connectivity index (χ4v) is 12.2. The maximum Gasteiger partial charge on any atom is 0.412 e. The lowest BCUT2D eigenvalue weighted by molar-refractivity contribution is -0.140. The van der Waals surface area contributed by atoms with Gasteiger partial charge in [-0.25, -0.2) is 9.59 Å². The monoisotopic (exact) mass is 1320 g/mol. The van der Waals surface area contributed by atoms with Gasteiger partial charge in [0, 0.05) is 36.6 Å². The Hall–Kier alpha value is -10.5. The van der Waals surface area contributed by atoms with E-state index in [0.29, 0.717) is 49.4 Å². The molecule has 6 unspecified atom stereocenters. The molecule has 10 N–H and O–H groups in total. The van der Waals surface area contributed by atoms with Crippen LogP contribution in [-0.2, 0) is 47.8 Å². The summed E-state index contributed by atoms with van der Waals surface area (Å²) in [7, 11) is 0. The number of esters is 1. The highest BCUT2D eigenvalue weighted by molar-refractivity contribution is 5.89. The number of amides is 1. The molecule has 12 atom stereocenters. The van der Waals surface area contributed by atoms with Gasteiger partial charge >= 0.3 is 47.9 Å². The number of nitrogens with one attached hydrogen (secondary N) is 2. The number of carbonyl (C=O) groups is 9. The Morgan fingerprint density at radius 2 is 0.959 bits per heavy atom. The third-order valence-corrected chi connectivity index (χ3v) is 18.3. The SMILES string of the molecule is C=C(NCCC1C[C@@H]1C(=O)O)NC(=O)OCC1c2ccccc2-c2ccccc21.CC(=O)CC1C[C@@H]1C(=O)O.CC(C)C1C[C@@H]1C(=O)O.CC1C[C@@H]1C(=O)O.O.O=C(C#CC#CC#CC1C[C@@H]1C(=O)O)OCC1c2ccccc2-c2ccccc21.O=C(O)[C@H]1CC1c1ccccc1. The first-order valence-corrected chi connectivity index (χ1v) is 32.3. The summed E-state index contributed by atoms with van der Waals surface area (Å²) < 4.78 is 10.8. The lowest BCUT2D eigenvalue weighted by Crippen LogP contribution is -2.32. The number of Topliss-reactive ketones (excluding diaryl/α,β-unsaturated/α-hetero) is 1. The zero-order chi connectivity index (χ0) is 69.3. The molecule has 20 nitrogen and oxygen atoms in total. The average Bonchev–Trinajstić information content (AvgIpc) is 1.60. The molecular formula is C77H82N2O18. The van der Waals surface area contributed by atoms with Gasteiger partial charge in [-0.15, -0.1) is 0 Å². The first-order valence-electron chi connectivity index (χ1n) is 32.3. The molecule has 508 valence electrons. The molecule has 0 spiro atoms. The van der Waals surface area contributed by atoms with Crippen LogP contribution >= 0.6 is 0 Å². The molecule has 1 amide bonds. The Morgan fingerprint density at radius 3 is 1.35 bits per heavy atom. The van der Waals surface area contributed by atoms with Gasteiger partial charge in [0.05, 0.1) is 35.5 Å². The lowest BCUT2D eigenvalue weighted by Gasteiger charge is -2.15. The van der Waals surface area contributed by atoms with E-state index in [0.717, 1.165) is 59.9 Å². The molecule has 8 aliphatic carbocycles. The molecule has 8 aliphatic rings. The van der Waals surface area contributed by atoms with Crippen LogP contribution in [-0.4, -0.2) is 110 Å². The maximum absolute atomic E-state index is 12.2. The van der Waals surface area contributed by atoms with E-state index in [-0.39, 0.29) is 95.5 Å². The third kappa shape index (κ3) is 21.5. The molecule has 0 saturated heterocycles. The molecule has 97 heavy (non-hydrogen) atoms. The standard InChI is InChI=1S/C25H16O4.C23H24N2O4.C10H10O2.C7H10O3.C7H12O2.C5H8O2.H2O/c26-24(14-4-2-1-3-9-17-15-22(17)25(27)28)29-16-23-20-12-7-5-10-18(20)19-11-6-8-13-21(19)23;1-14(24-11-10-15-12-20(15)22(26)27)25-23(28)29-13-21-18-8-4-2-6-16(18)17-7-3-5-9-19(17)21;11-10(12)9-6-8(9)7-4-2-1-3-5-7;1-4(8)2-5-3-6(5)7(9)10;1-4(2)5-3-6(5)7(8)9;1-3-2-4(3)5(6)7;/h5-8,10-13,17,22-23H,15-16H2,(H,27,28);2-9,15,20-21,24H,1,10-13H2,(H,25,28)(H,26,27);1-5,8-9H,6H2,(H,11,12);5-6H,2-3H2,1H3,(H,9,10);4-6H,3H2,1-2H3,(H,8,9);3-4H,2H2,1H3,(H,6,7);1H2/t17?,22-;15?,20-;8?,9-;2*5?,6-;3?,4-;/m000000./s1. The van der Waals surface area contributed by atoms with Gasteiger partial charge < -0.3 is 55.7 Å². The van der Waals surface area contributed by atoms with Crippen LogP contribution in [0.1, 0.15) is 125 Å². The number of benzene rings is 5. The second-order valence-electron chi connectivity index (χ2n) is 25.8. The van der Waals surface area contributed by atoms with Crippen molar-refractivity contribution < 1.29 is 88.7 Å². The van der Waals surface area contributed by atoms with Gasteiger partial charge in [-0.1, -0.05) is 161 Å². The van der Waals surface area contributed by atoms with Crippen LogP contribution in [0.2, 0.25) is 0 Å². The number of carboxylic acid groups (broad SMARTS) is 6. The van der Waals surface area contributed by atoms with E-state index < -0.39 is 47.9 Å². The van der Waals surface area contributed by atoms with Crippen LogP contribution in [0.3, 0.4) is 0 Å². The molecule has 0 radical (unpaired) electrons. The summed E-state index contributed by atoms with van der Waals surface area (Å²) in [4.78, 5) is 97.1.